The number of carbonyl (C=O) groups is 3. The Bertz CT molecular complexity index is 1170. The zero-order valence-corrected chi connectivity index (χ0v) is 22.0. The number of hydrogen-bond donors (Lipinski definition) is 3. The molecule has 2 fully saturated rings. The lowest BCUT2D eigenvalue weighted by atomic mass is 9.83. The van der Waals surface area contributed by atoms with E-state index >= 15 is 0 Å². The first-order chi connectivity index (χ1) is 17.8. The number of nitrogens with zero attached hydrogens (tertiary/aromatic N) is 3. The van der Waals surface area contributed by atoms with Gasteiger partial charge in [-0.15, -0.1) is 0 Å². The summed E-state index contributed by atoms with van der Waals surface area (Å²) in [6.45, 7) is 5.00. The third-order valence-electron chi connectivity index (χ3n) is 8.34. The van der Waals surface area contributed by atoms with Crippen LogP contribution in [-0.4, -0.2) is 57.2 Å². The van der Waals surface area contributed by atoms with E-state index in [0.29, 0.717) is 11.6 Å². The Morgan fingerprint density at radius 3 is 2.51 bits per heavy atom. The summed E-state index contributed by atoms with van der Waals surface area (Å²) in [4.78, 5) is 41.0. The van der Waals surface area contributed by atoms with Crippen LogP contribution >= 0.6 is 0 Å². The molecular weight excluding hydrogens is 468 g/mol. The van der Waals surface area contributed by atoms with Gasteiger partial charge in [0.25, 0.3) is 5.91 Å². The highest BCUT2D eigenvalue weighted by molar-refractivity contribution is 6.00. The number of fused-ring (bicyclic) bond motifs is 1. The fourth-order valence-electron chi connectivity index (χ4n) is 6.06. The maximum atomic E-state index is 13.5. The largest absolute Gasteiger partial charge is 0.339 e. The summed E-state index contributed by atoms with van der Waals surface area (Å²) in [5.41, 5.74) is 3.54. The van der Waals surface area contributed by atoms with E-state index in [1.165, 1.54) is 16.7 Å². The van der Waals surface area contributed by atoms with Crippen LogP contribution in [0.1, 0.15) is 67.6 Å². The zero-order chi connectivity index (χ0) is 26.1. The standard InChI is InChI=1S/C28H38N6O3/c1-17(2)23-16-34(28(37)31-23)22-14-19-9-10-21(13-20(19)15-22)30-27(36)25(18-7-5-4-6-8-18)32-26(35)24-11-12-29-33(24)3/h9-13,17-18,22-23,25H,4-8,14-16H2,1-3H3,(H,30,36)(H,31,37)(H,32,35)/t22?,23-,25-/m0/s1. The van der Waals surface area contributed by atoms with E-state index in [1.54, 1.807) is 19.3 Å². The number of rotatable bonds is 7. The van der Waals surface area contributed by atoms with Gasteiger partial charge in [0.1, 0.15) is 11.7 Å². The molecule has 9 heteroatoms. The van der Waals surface area contributed by atoms with E-state index in [0.717, 1.165) is 56.3 Å². The molecule has 2 heterocycles. The van der Waals surface area contributed by atoms with Gasteiger partial charge in [-0.05, 0) is 66.8 Å². The van der Waals surface area contributed by atoms with Gasteiger partial charge in [-0.2, -0.15) is 5.10 Å². The summed E-state index contributed by atoms with van der Waals surface area (Å²) >= 11 is 0. The molecule has 0 radical (unpaired) electrons. The maximum Gasteiger partial charge on any atom is 0.318 e. The third-order valence-corrected chi connectivity index (χ3v) is 8.34. The van der Waals surface area contributed by atoms with Crippen LogP contribution in [-0.2, 0) is 24.7 Å². The molecule has 5 rings (SSSR count). The van der Waals surface area contributed by atoms with Crippen molar-refractivity contribution in [2.75, 3.05) is 11.9 Å². The Morgan fingerprint density at radius 1 is 1.08 bits per heavy atom. The van der Waals surface area contributed by atoms with Gasteiger partial charge in [0.05, 0.1) is 6.04 Å². The predicted molar refractivity (Wildman–Crippen MR) is 141 cm³/mol. The predicted octanol–water partition coefficient (Wildman–Crippen LogP) is 3.25. The van der Waals surface area contributed by atoms with Crippen LogP contribution in [0.25, 0.3) is 0 Å². The molecule has 37 heavy (non-hydrogen) atoms. The van der Waals surface area contributed by atoms with Crippen molar-refractivity contribution in [3.05, 3.63) is 47.3 Å². The van der Waals surface area contributed by atoms with Gasteiger partial charge in [-0.1, -0.05) is 39.2 Å². The highest BCUT2D eigenvalue weighted by Crippen LogP contribution is 2.31. The molecule has 0 bridgehead atoms. The Hall–Kier alpha value is -3.36. The van der Waals surface area contributed by atoms with Crippen LogP contribution in [0.5, 0.6) is 0 Å². The second-order valence-corrected chi connectivity index (χ2v) is 11.2. The molecule has 1 saturated carbocycles. The summed E-state index contributed by atoms with van der Waals surface area (Å²) in [5.74, 6) is 0.0315. The minimum atomic E-state index is -0.607. The topological polar surface area (TPSA) is 108 Å². The molecule has 1 aromatic heterocycles. The summed E-state index contributed by atoms with van der Waals surface area (Å²) in [6.07, 6.45) is 8.33. The van der Waals surface area contributed by atoms with Gasteiger partial charge in [0, 0.05) is 31.5 Å². The molecular formula is C28H38N6O3. The lowest BCUT2D eigenvalue weighted by molar-refractivity contribution is -0.119. The van der Waals surface area contributed by atoms with E-state index in [1.807, 2.05) is 17.0 Å². The molecule has 2 aromatic rings. The SMILES string of the molecule is CC(C)[C@@H]1CN(C2Cc3ccc(NC(=O)[C@@H](NC(=O)c4ccnn4C)C4CCCCC4)cc3C2)C(=O)N1. The van der Waals surface area contributed by atoms with Crippen molar-refractivity contribution >= 4 is 23.5 Å². The van der Waals surface area contributed by atoms with Crippen molar-refractivity contribution in [2.24, 2.45) is 18.9 Å². The highest BCUT2D eigenvalue weighted by Gasteiger charge is 2.38. The number of hydrogen-bond acceptors (Lipinski definition) is 4. The monoisotopic (exact) mass is 506 g/mol. The number of benzene rings is 1. The van der Waals surface area contributed by atoms with Crippen LogP contribution in [0.4, 0.5) is 10.5 Å². The highest BCUT2D eigenvalue weighted by atomic mass is 16.2. The van der Waals surface area contributed by atoms with E-state index in [2.05, 4.69) is 41.0 Å². The van der Waals surface area contributed by atoms with Gasteiger partial charge in [0.2, 0.25) is 5.91 Å². The smallest absolute Gasteiger partial charge is 0.318 e. The van der Waals surface area contributed by atoms with Gasteiger partial charge in [-0.25, -0.2) is 4.79 Å². The van der Waals surface area contributed by atoms with Crippen molar-refractivity contribution in [1.29, 1.82) is 0 Å². The first-order valence-electron chi connectivity index (χ1n) is 13.6. The zero-order valence-electron chi connectivity index (χ0n) is 22.0. The van der Waals surface area contributed by atoms with Gasteiger partial charge < -0.3 is 20.9 Å². The number of anilines is 1. The summed E-state index contributed by atoms with van der Waals surface area (Å²) in [5, 5.41) is 13.3. The number of amides is 4. The molecule has 0 spiro atoms. The van der Waals surface area contributed by atoms with Crippen molar-refractivity contribution < 1.29 is 14.4 Å². The average molecular weight is 507 g/mol. The first-order valence-corrected chi connectivity index (χ1v) is 13.6. The van der Waals surface area contributed by atoms with E-state index in [-0.39, 0.29) is 35.8 Å². The van der Waals surface area contributed by atoms with E-state index in [4.69, 9.17) is 0 Å². The number of aryl methyl sites for hydroxylation is 1. The Balaban J connectivity index is 1.27. The van der Waals surface area contributed by atoms with E-state index in [9.17, 15) is 14.4 Å². The Labute approximate surface area is 218 Å². The number of aromatic nitrogens is 2. The molecule has 1 aliphatic heterocycles. The fourth-order valence-corrected chi connectivity index (χ4v) is 6.06. The van der Waals surface area contributed by atoms with Gasteiger partial charge >= 0.3 is 6.03 Å². The normalized spacial score (nSPS) is 22.6. The van der Waals surface area contributed by atoms with Crippen LogP contribution in [0.2, 0.25) is 0 Å². The molecule has 1 unspecified atom stereocenters. The summed E-state index contributed by atoms with van der Waals surface area (Å²) < 4.78 is 1.52. The second-order valence-electron chi connectivity index (χ2n) is 11.2. The Kier molecular flexibility index (Phi) is 7.22. The molecule has 9 nitrogen and oxygen atoms in total. The van der Waals surface area contributed by atoms with Crippen LogP contribution in [0, 0.1) is 11.8 Å². The van der Waals surface area contributed by atoms with Crippen molar-refractivity contribution in [3.63, 3.8) is 0 Å². The molecule has 3 atom stereocenters. The number of nitrogens with one attached hydrogen (secondary N) is 3. The van der Waals surface area contributed by atoms with Gasteiger partial charge in [-0.3, -0.25) is 14.3 Å². The van der Waals surface area contributed by atoms with Crippen LogP contribution < -0.4 is 16.0 Å². The Morgan fingerprint density at radius 2 is 1.84 bits per heavy atom. The van der Waals surface area contributed by atoms with Crippen molar-refractivity contribution in [3.8, 4) is 0 Å². The third kappa shape index (κ3) is 5.36. The first kappa shape index (κ1) is 25.3. The van der Waals surface area contributed by atoms with Crippen LogP contribution in [0.3, 0.4) is 0 Å². The maximum absolute atomic E-state index is 13.5. The van der Waals surface area contributed by atoms with Crippen LogP contribution in [0.15, 0.2) is 30.5 Å². The summed E-state index contributed by atoms with van der Waals surface area (Å²) in [7, 11) is 1.72. The quantitative estimate of drug-likeness (QED) is 0.536. The fraction of sp³-hybridized carbons (Fsp3) is 0.571. The lowest BCUT2D eigenvalue weighted by Crippen LogP contribution is -2.49. The van der Waals surface area contributed by atoms with Gasteiger partial charge in [0.15, 0.2) is 0 Å². The lowest BCUT2D eigenvalue weighted by Gasteiger charge is -2.30. The number of carbonyl (C=O) groups excluding carboxylic acids is 3. The number of urea groups is 1. The molecule has 198 valence electrons. The minimum Gasteiger partial charge on any atom is -0.339 e. The molecule has 1 aromatic carbocycles. The minimum absolute atomic E-state index is 0.0181. The molecule has 2 aliphatic carbocycles. The van der Waals surface area contributed by atoms with Crippen molar-refractivity contribution in [2.45, 2.75) is 76.9 Å². The molecule has 3 N–H and O–H groups in total. The average Bonchev–Trinajstić information content (AvgIpc) is 3.60. The molecule has 3 aliphatic rings. The molecule has 4 amide bonds. The molecule has 1 saturated heterocycles. The van der Waals surface area contributed by atoms with E-state index < -0.39 is 6.04 Å². The summed E-state index contributed by atoms with van der Waals surface area (Å²) in [6, 6.07) is 7.41. The van der Waals surface area contributed by atoms with Crippen molar-refractivity contribution in [1.82, 2.24) is 25.3 Å². The second kappa shape index (κ2) is 10.6.